The van der Waals surface area contributed by atoms with Gasteiger partial charge in [-0.05, 0) is 37.3 Å². The molecule has 1 aromatic carbocycles. The molecule has 3 aromatic heterocycles. The maximum atomic E-state index is 13.0. The molecule has 0 amide bonds. The number of aliphatic hydroxyl groups excluding tert-OH is 1. The number of anilines is 1. The molecule has 0 aliphatic heterocycles. The van der Waals surface area contributed by atoms with Crippen LogP contribution in [0.5, 0.6) is 0 Å². The van der Waals surface area contributed by atoms with Gasteiger partial charge in [0.15, 0.2) is 0 Å². The molecule has 0 saturated carbocycles. The third-order valence-electron chi connectivity index (χ3n) is 3.97. The average Bonchev–Trinajstić information content (AvgIpc) is 3.01. The quantitative estimate of drug-likeness (QED) is 0.517. The average molecular weight is 431 g/mol. The number of rotatable bonds is 4. The van der Waals surface area contributed by atoms with Crippen LogP contribution in [0.4, 0.5) is 5.69 Å². The van der Waals surface area contributed by atoms with Crippen LogP contribution < -0.4 is 10.9 Å². The van der Waals surface area contributed by atoms with Gasteiger partial charge in [0.1, 0.15) is 15.9 Å². The maximum Gasteiger partial charge on any atom is 0.275 e. The number of aromatic nitrogens is 3. The summed E-state index contributed by atoms with van der Waals surface area (Å²) in [5.74, 6) is 0. The number of aliphatic hydroxyl groups is 1. The predicted octanol–water partition coefficient (Wildman–Crippen LogP) is 3.55. The van der Waals surface area contributed by atoms with E-state index in [4.69, 9.17) is 0 Å². The molecule has 0 radical (unpaired) electrons. The highest BCUT2D eigenvalue weighted by Gasteiger charge is 2.16. The fourth-order valence-electron chi connectivity index (χ4n) is 2.74. The summed E-state index contributed by atoms with van der Waals surface area (Å²) in [7, 11) is 0. The third-order valence-corrected chi connectivity index (χ3v) is 5.58. The van der Waals surface area contributed by atoms with Crippen molar-refractivity contribution in [1.29, 1.82) is 0 Å². The Hall–Kier alpha value is -2.29. The van der Waals surface area contributed by atoms with E-state index in [1.54, 1.807) is 19.4 Å². The number of hydrogen-bond acceptors (Lipinski definition) is 6. The van der Waals surface area contributed by atoms with Gasteiger partial charge in [0.25, 0.3) is 5.56 Å². The number of hydrogen-bond donors (Lipinski definition) is 2. The number of nitrogens with zero attached hydrogens (tertiary/aromatic N) is 3. The lowest BCUT2D eigenvalue weighted by Gasteiger charge is -2.09. The molecule has 8 heteroatoms. The molecule has 0 saturated heterocycles. The summed E-state index contributed by atoms with van der Waals surface area (Å²) in [5.41, 5.74) is 2.08. The zero-order valence-electron chi connectivity index (χ0n) is 13.8. The molecule has 0 spiro atoms. The van der Waals surface area contributed by atoms with Crippen molar-refractivity contribution in [1.82, 2.24) is 14.5 Å². The Morgan fingerprint density at radius 2 is 2.04 bits per heavy atom. The van der Waals surface area contributed by atoms with E-state index in [0.29, 0.717) is 16.8 Å². The maximum absolute atomic E-state index is 13.0. The van der Waals surface area contributed by atoms with Gasteiger partial charge in [0, 0.05) is 22.9 Å². The van der Waals surface area contributed by atoms with Crippen LogP contribution in [0.3, 0.4) is 0 Å². The number of halogens is 1. The summed E-state index contributed by atoms with van der Waals surface area (Å²) in [6.07, 6.45) is 2.76. The van der Waals surface area contributed by atoms with E-state index in [9.17, 15) is 9.90 Å². The Kier molecular flexibility index (Phi) is 4.47. The molecule has 0 fully saturated rings. The number of pyridine rings is 1. The van der Waals surface area contributed by atoms with Crippen LogP contribution in [0.1, 0.15) is 6.92 Å². The van der Waals surface area contributed by atoms with Gasteiger partial charge < -0.3 is 10.4 Å². The lowest BCUT2D eigenvalue weighted by Crippen LogP contribution is -2.17. The second kappa shape index (κ2) is 6.79. The molecule has 132 valence electrons. The van der Waals surface area contributed by atoms with Crippen molar-refractivity contribution in [3.8, 4) is 5.69 Å². The number of benzene rings is 1. The lowest BCUT2D eigenvalue weighted by atomic mass is 10.2. The summed E-state index contributed by atoms with van der Waals surface area (Å²) in [4.78, 5) is 22.7. The Bertz CT molecular complexity index is 1150. The second-order valence-corrected chi connectivity index (χ2v) is 7.86. The van der Waals surface area contributed by atoms with Crippen LogP contribution >= 0.6 is 27.3 Å². The monoisotopic (exact) mass is 430 g/mol. The highest BCUT2D eigenvalue weighted by molar-refractivity contribution is 9.10. The van der Waals surface area contributed by atoms with Crippen molar-refractivity contribution >= 4 is 53.4 Å². The first kappa shape index (κ1) is 17.1. The van der Waals surface area contributed by atoms with E-state index in [0.717, 1.165) is 26.1 Å². The first-order valence-electron chi connectivity index (χ1n) is 8.01. The van der Waals surface area contributed by atoms with Crippen molar-refractivity contribution in [2.75, 3.05) is 11.9 Å². The van der Waals surface area contributed by atoms with Crippen molar-refractivity contribution in [2.45, 2.75) is 13.0 Å². The Morgan fingerprint density at radius 1 is 1.27 bits per heavy atom. The zero-order chi connectivity index (χ0) is 18.3. The summed E-state index contributed by atoms with van der Waals surface area (Å²) in [6.45, 7) is 2.12. The molecule has 0 unspecified atom stereocenters. The molecule has 4 rings (SSSR count). The molecule has 0 aliphatic rings. The second-order valence-electron chi connectivity index (χ2n) is 5.94. The van der Waals surface area contributed by atoms with Gasteiger partial charge in [-0.15, -0.1) is 11.3 Å². The number of fused-ring (bicyclic) bond motifs is 3. The van der Waals surface area contributed by atoms with Gasteiger partial charge in [0.2, 0.25) is 0 Å². The van der Waals surface area contributed by atoms with Gasteiger partial charge >= 0.3 is 0 Å². The zero-order valence-corrected chi connectivity index (χ0v) is 16.2. The van der Waals surface area contributed by atoms with Crippen LogP contribution in [-0.2, 0) is 0 Å². The highest BCUT2D eigenvalue weighted by atomic mass is 79.9. The lowest BCUT2D eigenvalue weighted by molar-refractivity contribution is 0.208. The Morgan fingerprint density at radius 3 is 2.77 bits per heavy atom. The third kappa shape index (κ3) is 3.00. The van der Waals surface area contributed by atoms with Crippen LogP contribution in [-0.4, -0.2) is 32.3 Å². The van der Waals surface area contributed by atoms with Crippen LogP contribution in [0.2, 0.25) is 0 Å². The van der Waals surface area contributed by atoms with Crippen LogP contribution in [0, 0.1) is 0 Å². The van der Waals surface area contributed by atoms with Gasteiger partial charge in [-0.3, -0.25) is 9.36 Å². The predicted molar refractivity (Wildman–Crippen MR) is 108 cm³/mol. The SMILES string of the molecule is C[C@@H](O)CNc1ccnc2sc3c(=O)n(-c4ccc(Br)cc4)cnc3c12. The summed E-state index contributed by atoms with van der Waals surface area (Å²) in [6, 6.07) is 9.33. The van der Waals surface area contributed by atoms with E-state index in [1.165, 1.54) is 15.9 Å². The molecular formula is C18H15BrN4O2S. The molecule has 0 aliphatic carbocycles. The molecule has 3 heterocycles. The molecule has 4 aromatic rings. The van der Waals surface area contributed by atoms with Gasteiger partial charge in [-0.1, -0.05) is 15.9 Å². The minimum Gasteiger partial charge on any atom is -0.392 e. The van der Waals surface area contributed by atoms with Gasteiger partial charge in [-0.2, -0.15) is 0 Å². The van der Waals surface area contributed by atoms with E-state index in [2.05, 4.69) is 31.2 Å². The highest BCUT2D eigenvalue weighted by Crippen LogP contribution is 2.34. The van der Waals surface area contributed by atoms with Crippen molar-refractivity contribution in [2.24, 2.45) is 0 Å². The summed E-state index contributed by atoms with van der Waals surface area (Å²) >= 11 is 4.73. The number of thiophene rings is 1. The minimum absolute atomic E-state index is 0.123. The molecule has 6 nitrogen and oxygen atoms in total. The largest absolute Gasteiger partial charge is 0.392 e. The first-order chi connectivity index (χ1) is 12.5. The number of nitrogens with one attached hydrogen (secondary N) is 1. The molecular weight excluding hydrogens is 416 g/mol. The van der Waals surface area contributed by atoms with Crippen molar-refractivity contribution in [3.63, 3.8) is 0 Å². The fraction of sp³-hybridized carbons (Fsp3) is 0.167. The molecule has 0 bridgehead atoms. The molecule has 26 heavy (non-hydrogen) atoms. The normalized spacial score (nSPS) is 12.6. The van der Waals surface area contributed by atoms with Gasteiger partial charge in [0.05, 0.1) is 22.7 Å². The first-order valence-corrected chi connectivity index (χ1v) is 9.62. The van der Waals surface area contributed by atoms with E-state index in [1.807, 2.05) is 30.3 Å². The van der Waals surface area contributed by atoms with Crippen LogP contribution in [0.25, 0.3) is 26.1 Å². The van der Waals surface area contributed by atoms with Crippen molar-refractivity contribution in [3.05, 3.63) is 57.7 Å². The Labute approximate surface area is 161 Å². The van der Waals surface area contributed by atoms with E-state index in [-0.39, 0.29) is 5.56 Å². The molecule has 1 atom stereocenters. The summed E-state index contributed by atoms with van der Waals surface area (Å²) in [5, 5.41) is 13.5. The fourth-order valence-corrected chi connectivity index (χ4v) is 4.06. The Balaban J connectivity index is 1.91. The summed E-state index contributed by atoms with van der Waals surface area (Å²) < 4.78 is 3.04. The van der Waals surface area contributed by atoms with E-state index < -0.39 is 6.10 Å². The molecule has 2 N–H and O–H groups in total. The topological polar surface area (TPSA) is 80.0 Å². The van der Waals surface area contributed by atoms with Crippen LogP contribution in [0.15, 0.2) is 52.1 Å². The van der Waals surface area contributed by atoms with Gasteiger partial charge in [-0.25, -0.2) is 9.97 Å². The standard InChI is InChI=1S/C18H15BrN4O2S/c1-10(24)8-21-13-6-7-20-17-14(13)15-16(26-17)18(25)23(9-22-15)12-4-2-11(19)3-5-12/h2-7,9-10,24H,8H2,1H3,(H,20,21)/t10-/m1/s1. The minimum atomic E-state index is -0.481. The van der Waals surface area contributed by atoms with E-state index >= 15 is 0 Å². The smallest absolute Gasteiger partial charge is 0.275 e. The van der Waals surface area contributed by atoms with Crippen molar-refractivity contribution < 1.29 is 5.11 Å².